The summed E-state index contributed by atoms with van der Waals surface area (Å²) < 4.78 is 4.25. The van der Waals surface area contributed by atoms with Gasteiger partial charge in [0.1, 0.15) is 0 Å². The zero-order valence-corrected chi connectivity index (χ0v) is 8.76. The predicted octanol–water partition coefficient (Wildman–Crippen LogP) is 1.66. The normalized spacial score (nSPS) is 20.4. The third-order valence-corrected chi connectivity index (χ3v) is 2.46. The second-order valence-electron chi connectivity index (χ2n) is 3.60. The number of carbonyl (C=O) groups is 2. The fraction of sp³-hybridized carbons (Fsp3) is 0.636. The lowest BCUT2D eigenvalue weighted by atomic mass is 9.93. The van der Waals surface area contributed by atoms with Gasteiger partial charge in [-0.25, -0.2) is 0 Å². The maximum atomic E-state index is 11.1. The number of rotatable bonds is 0. The summed E-state index contributed by atoms with van der Waals surface area (Å²) in [6.07, 6.45) is 4.01. The van der Waals surface area contributed by atoms with Crippen LogP contribution in [0.25, 0.3) is 0 Å². The van der Waals surface area contributed by atoms with Gasteiger partial charge in [0.15, 0.2) is 11.6 Å². The van der Waals surface area contributed by atoms with Crippen molar-refractivity contribution in [1.29, 1.82) is 0 Å². The van der Waals surface area contributed by atoms with E-state index in [9.17, 15) is 9.59 Å². The van der Waals surface area contributed by atoms with Crippen LogP contribution in [0.1, 0.15) is 32.1 Å². The molecule has 0 fully saturated rings. The minimum atomic E-state index is 0.0877. The Morgan fingerprint density at radius 1 is 0.929 bits per heavy atom. The molecule has 0 amide bonds. The number of carbonyl (C=O) groups excluding carboxylic acids is 2. The molecule has 3 heteroatoms. The zero-order valence-electron chi connectivity index (χ0n) is 8.76. The Labute approximate surface area is 84.1 Å². The van der Waals surface area contributed by atoms with Gasteiger partial charge in [-0.3, -0.25) is 9.59 Å². The molecule has 0 aromatic heterocycles. The molecule has 2 rings (SSSR count). The largest absolute Gasteiger partial charge is 0.388 e. The van der Waals surface area contributed by atoms with E-state index in [1.165, 1.54) is 0 Å². The van der Waals surface area contributed by atoms with Crippen molar-refractivity contribution in [1.82, 2.24) is 0 Å². The summed E-state index contributed by atoms with van der Waals surface area (Å²) >= 11 is 0. The molecule has 2 aliphatic rings. The van der Waals surface area contributed by atoms with Crippen LogP contribution in [0.3, 0.4) is 0 Å². The van der Waals surface area contributed by atoms with Crippen molar-refractivity contribution in [3.63, 3.8) is 0 Å². The van der Waals surface area contributed by atoms with E-state index in [4.69, 9.17) is 0 Å². The van der Waals surface area contributed by atoms with Gasteiger partial charge in [0.05, 0.1) is 6.42 Å². The molecule has 2 aliphatic carbocycles. The van der Waals surface area contributed by atoms with Gasteiger partial charge in [0.25, 0.3) is 0 Å². The Balaban J connectivity index is 0.000000293. The van der Waals surface area contributed by atoms with E-state index in [0.717, 1.165) is 36.8 Å². The highest BCUT2D eigenvalue weighted by molar-refractivity contribution is 6.22. The molecular weight excluding hydrogens is 180 g/mol. The molecule has 0 atom stereocenters. The van der Waals surface area contributed by atoms with Crippen LogP contribution in [0.15, 0.2) is 11.1 Å². The van der Waals surface area contributed by atoms with Crippen LogP contribution in [0, 0.1) is 0 Å². The summed E-state index contributed by atoms with van der Waals surface area (Å²) in [6, 6.07) is 0. The molecular formula is C11H16O3. The molecule has 0 saturated heterocycles. The third-order valence-electron chi connectivity index (χ3n) is 2.46. The number of Topliss-reactive ketones (excluding diaryl/α,β-unsaturated/α-hetero) is 2. The molecule has 78 valence electrons. The van der Waals surface area contributed by atoms with Crippen molar-refractivity contribution in [2.45, 2.75) is 32.1 Å². The van der Waals surface area contributed by atoms with Gasteiger partial charge in [0, 0.05) is 25.4 Å². The number of hydrogen-bond acceptors (Lipinski definition) is 3. The molecule has 0 bridgehead atoms. The second kappa shape index (κ2) is 5.05. The quantitative estimate of drug-likeness (QED) is 0.553. The molecule has 0 radical (unpaired) electrons. The maximum Gasteiger partial charge on any atom is 0.166 e. The number of allylic oxidation sites excluding steroid dienone is 2. The third kappa shape index (κ3) is 2.29. The Hall–Kier alpha value is -0.960. The first kappa shape index (κ1) is 11.1. The topological polar surface area (TPSA) is 43.4 Å². The Kier molecular flexibility index (Phi) is 4.01. The van der Waals surface area contributed by atoms with Crippen LogP contribution in [0.4, 0.5) is 0 Å². The smallest absolute Gasteiger partial charge is 0.166 e. The SMILES string of the molecule is COC.O=C1CC(=O)C2=C1CCCC2. The minimum Gasteiger partial charge on any atom is -0.388 e. The molecule has 14 heavy (non-hydrogen) atoms. The lowest BCUT2D eigenvalue weighted by Crippen LogP contribution is -2.01. The van der Waals surface area contributed by atoms with E-state index in [2.05, 4.69) is 4.74 Å². The average molecular weight is 196 g/mol. The molecule has 0 aliphatic heterocycles. The van der Waals surface area contributed by atoms with Gasteiger partial charge < -0.3 is 4.74 Å². The first-order chi connectivity index (χ1) is 6.70. The minimum absolute atomic E-state index is 0.0877. The van der Waals surface area contributed by atoms with E-state index in [0.29, 0.717) is 0 Å². The summed E-state index contributed by atoms with van der Waals surface area (Å²) in [5.41, 5.74) is 1.70. The van der Waals surface area contributed by atoms with Crippen LogP contribution >= 0.6 is 0 Å². The van der Waals surface area contributed by atoms with Gasteiger partial charge in [-0.1, -0.05) is 0 Å². The Morgan fingerprint density at radius 3 is 1.64 bits per heavy atom. The lowest BCUT2D eigenvalue weighted by Gasteiger charge is -2.10. The van der Waals surface area contributed by atoms with Gasteiger partial charge >= 0.3 is 0 Å². The zero-order chi connectivity index (χ0) is 10.6. The average Bonchev–Trinajstić information content (AvgIpc) is 2.45. The monoisotopic (exact) mass is 196 g/mol. The van der Waals surface area contributed by atoms with Gasteiger partial charge in [-0.05, 0) is 25.7 Å². The Morgan fingerprint density at radius 2 is 1.29 bits per heavy atom. The van der Waals surface area contributed by atoms with E-state index < -0.39 is 0 Å². The first-order valence-corrected chi connectivity index (χ1v) is 4.89. The van der Waals surface area contributed by atoms with Crippen molar-refractivity contribution in [2.24, 2.45) is 0 Å². The van der Waals surface area contributed by atoms with Crippen molar-refractivity contribution in [2.75, 3.05) is 14.2 Å². The molecule has 3 nitrogen and oxygen atoms in total. The van der Waals surface area contributed by atoms with E-state index >= 15 is 0 Å². The summed E-state index contributed by atoms with van der Waals surface area (Å²) in [5.74, 6) is 0.175. The van der Waals surface area contributed by atoms with Crippen LogP contribution in [-0.4, -0.2) is 25.8 Å². The summed E-state index contributed by atoms with van der Waals surface area (Å²) in [4.78, 5) is 22.3. The van der Waals surface area contributed by atoms with Crippen molar-refractivity contribution >= 4 is 11.6 Å². The van der Waals surface area contributed by atoms with Crippen molar-refractivity contribution in [3.05, 3.63) is 11.1 Å². The Bertz CT molecular complexity index is 250. The maximum absolute atomic E-state index is 11.1. The number of hydrogen-bond donors (Lipinski definition) is 0. The number of ketones is 2. The van der Waals surface area contributed by atoms with E-state index in [-0.39, 0.29) is 18.0 Å². The first-order valence-electron chi connectivity index (χ1n) is 4.89. The lowest BCUT2D eigenvalue weighted by molar-refractivity contribution is -0.121. The molecule has 0 N–H and O–H groups in total. The molecule has 0 aromatic carbocycles. The van der Waals surface area contributed by atoms with Crippen LogP contribution in [-0.2, 0) is 14.3 Å². The van der Waals surface area contributed by atoms with E-state index in [1.54, 1.807) is 14.2 Å². The van der Waals surface area contributed by atoms with E-state index in [1.807, 2.05) is 0 Å². The molecule has 0 unspecified atom stereocenters. The predicted molar refractivity (Wildman–Crippen MR) is 53.1 cm³/mol. The van der Waals surface area contributed by atoms with Crippen LogP contribution in [0.2, 0.25) is 0 Å². The van der Waals surface area contributed by atoms with Crippen LogP contribution in [0.5, 0.6) is 0 Å². The summed E-state index contributed by atoms with van der Waals surface area (Å²) in [7, 11) is 3.25. The number of methoxy groups -OCH3 is 1. The summed E-state index contributed by atoms with van der Waals surface area (Å²) in [5, 5.41) is 0. The second-order valence-corrected chi connectivity index (χ2v) is 3.60. The molecule has 0 heterocycles. The molecule has 0 aromatic rings. The highest BCUT2D eigenvalue weighted by Gasteiger charge is 2.31. The van der Waals surface area contributed by atoms with Crippen molar-refractivity contribution < 1.29 is 14.3 Å². The highest BCUT2D eigenvalue weighted by Crippen LogP contribution is 2.32. The van der Waals surface area contributed by atoms with Gasteiger partial charge in [0.2, 0.25) is 0 Å². The number of ether oxygens (including phenoxy) is 1. The highest BCUT2D eigenvalue weighted by atomic mass is 16.4. The summed E-state index contributed by atoms with van der Waals surface area (Å²) in [6.45, 7) is 0. The molecule has 0 spiro atoms. The fourth-order valence-corrected chi connectivity index (χ4v) is 1.88. The van der Waals surface area contributed by atoms with Gasteiger partial charge in [-0.15, -0.1) is 0 Å². The van der Waals surface area contributed by atoms with Crippen LogP contribution < -0.4 is 0 Å². The van der Waals surface area contributed by atoms with Crippen molar-refractivity contribution in [3.8, 4) is 0 Å². The standard InChI is InChI=1S/C9H10O2.C2H6O/c10-8-5-9(11)7-4-2-1-3-6(7)8;1-3-2/h1-5H2;1-2H3. The fourth-order valence-electron chi connectivity index (χ4n) is 1.88. The van der Waals surface area contributed by atoms with Gasteiger partial charge in [-0.2, -0.15) is 0 Å². The molecule has 0 saturated carbocycles.